The van der Waals surface area contributed by atoms with Crippen LogP contribution < -0.4 is 10.0 Å². The average molecular weight is 417 g/mol. The van der Waals surface area contributed by atoms with E-state index in [1.165, 1.54) is 6.07 Å². The van der Waals surface area contributed by atoms with Crippen molar-refractivity contribution in [2.24, 2.45) is 4.99 Å². The Morgan fingerprint density at radius 1 is 1.17 bits per heavy atom. The quantitative estimate of drug-likeness (QED) is 0.658. The fourth-order valence-corrected chi connectivity index (χ4v) is 6.83. The van der Waals surface area contributed by atoms with Crippen LogP contribution in [0.3, 0.4) is 0 Å². The van der Waals surface area contributed by atoms with Gasteiger partial charge in [0.1, 0.15) is 11.4 Å². The smallest absolute Gasteiger partial charge is 0.257 e. The van der Waals surface area contributed by atoms with Crippen LogP contribution in [0.2, 0.25) is 0 Å². The van der Waals surface area contributed by atoms with Crippen molar-refractivity contribution in [1.29, 1.82) is 0 Å². The number of thiol groups is 1. The Labute approximate surface area is 170 Å². The van der Waals surface area contributed by atoms with Gasteiger partial charge >= 0.3 is 0 Å². The molecule has 29 heavy (non-hydrogen) atoms. The SMILES string of the molecule is CC1(c2ccccc2F)C[SH]2(=O)NCCCCN2C(NC(=O)c2ccccc2)=N1. The fourth-order valence-electron chi connectivity index (χ4n) is 3.93. The Hall–Kier alpha value is -2.58. The van der Waals surface area contributed by atoms with Gasteiger partial charge in [0.15, 0.2) is 0 Å². The number of carbonyl (C=O) groups excluding carboxylic acids is 1. The van der Waals surface area contributed by atoms with Gasteiger partial charge in [-0.25, -0.2) is 14.1 Å². The summed E-state index contributed by atoms with van der Waals surface area (Å²) < 4.78 is 33.4. The number of benzene rings is 2. The molecule has 0 aromatic heterocycles. The van der Waals surface area contributed by atoms with E-state index in [4.69, 9.17) is 4.99 Å². The molecule has 2 aromatic rings. The summed E-state index contributed by atoms with van der Waals surface area (Å²) in [5.41, 5.74) is -0.216. The second-order valence-corrected chi connectivity index (χ2v) is 10.1. The van der Waals surface area contributed by atoms with Crippen LogP contribution in [0.4, 0.5) is 4.39 Å². The van der Waals surface area contributed by atoms with Crippen LogP contribution in [0.25, 0.3) is 0 Å². The minimum atomic E-state index is -3.10. The molecule has 1 saturated heterocycles. The van der Waals surface area contributed by atoms with E-state index in [1.807, 2.05) is 6.07 Å². The third-order valence-corrected chi connectivity index (χ3v) is 8.31. The van der Waals surface area contributed by atoms with Crippen molar-refractivity contribution in [3.63, 3.8) is 0 Å². The zero-order chi connectivity index (χ0) is 20.5. The number of fused-ring (bicyclic) bond motifs is 1. The highest BCUT2D eigenvalue weighted by atomic mass is 32.3. The molecule has 2 aliphatic heterocycles. The van der Waals surface area contributed by atoms with Gasteiger partial charge in [0.25, 0.3) is 5.91 Å². The van der Waals surface area contributed by atoms with Crippen LogP contribution in [0, 0.1) is 5.82 Å². The number of rotatable bonds is 2. The standard InChI is InChI=1S/C21H25FN4O2S/c1-21(17-11-5-6-12-18(17)22)15-29(28)23-13-7-8-14-26(29)20(25-21)24-19(27)16-9-3-2-4-10-16/h2-6,9-12,29H,7-8,13-15H2,1H3,(H,23,28)(H,24,25,27). The first-order chi connectivity index (χ1) is 13.9. The molecule has 0 saturated carbocycles. The van der Waals surface area contributed by atoms with Gasteiger partial charge in [-0.15, -0.1) is 0 Å². The Balaban J connectivity index is 1.78. The van der Waals surface area contributed by atoms with E-state index in [-0.39, 0.29) is 17.6 Å². The normalized spacial score (nSPS) is 24.6. The Morgan fingerprint density at radius 2 is 1.90 bits per heavy atom. The molecule has 4 rings (SSSR count). The molecule has 0 radical (unpaired) electrons. The third kappa shape index (κ3) is 3.82. The molecule has 154 valence electrons. The molecule has 0 aliphatic carbocycles. The molecule has 0 spiro atoms. The highest BCUT2D eigenvalue weighted by molar-refractivity contribution is 7.99. The summed E-state index contributed by atoms with van der Waals surface area (Å²) in [4.78, 5) is 17.5. The Bertz CT molecular complexity index is 997. The van der Waals surface area contributed by atoms with Crippen LogP contribution >= 0.6 is 0 Å². The summed E-state index contributed by atoms with van der Waals surface area (Å²) in [5, 5.41) is 2.83. The highest BCUT2D eigenvalue weighted by Crippen LogP contribution is 2.36. The number of halogens is 1. The molecular formula is C21H25FN4O2S. The number of hydrogen-bond acceptors (Lipinski definition) is 3. The van der Waals surface area contributed by atoms with Gasteiger partial charge in [0, 0.05) is 34.5 Å². The zero-order valence-electron chi connectivity index (χ0n) is 16.3. The lowest BCUT2D eigenvalue weighted by molar-refractivity contribution is 0.0973. The van der Waals surface area contributed by atoms with E-state index in [2.05, 4.69) is 10.0 Å². The summed E-state index contributed by atoms with van der Waals surface area (Å²) in [7, 11) is -3.10. The van der Waals surface area contributed by atoms with Gasteiger partial charge < -0.3 is 0 Å². The van der Waals surface area contributed by atoms with Crippen LogP contribution in [0.15, 0.2) is 59.6 Å². The van der Waals surface area contributed by atoms with Crippen molar-refractivity contribution in [1.82, 2.24) is 14.3 Å². The molecular weight excluding hydrogens is 391 g/mol. The molecule has 2 heterocycles. The van der Waals surface area contributed by atoms with Crippen molar-refractivity contribution in [3.05, 3.63) is 71.5 Å². The van der Waals surface area contributed by atoms with E-state index in [9.17, 15) is 13.4 Å². The van der Waals surface area contributed by atoms with E-state index < -0.39 is 21.7 Å². The van der Waals surface area contributed by atoms with Gasteiger partial charge in [-0.2, -0.15) is 0 Å². The maximum Gasteiger partial charge on any atom is 0.257 e. The zero-order valence-corrected chi connectivity index (χ0v) is 17.2. The lowest BCUT2D eigenvalue weighted by Gasteiger charge is -2.46. The maximum absolute atomic E-state index is 14.6. The first-order valence-electron chi connectivity index (χ1n) is 9.75. The first-order valence-corrected chi connectivity index (χ1v) is 11.6. The van der Waals surface area contributed by atoms with Crippen molar-refractivity contribution in [3.8, 4) is 0 Å². The summed E-state index contributed by atoms with van der Waals surface area (Å²) in [5.74, 6) is -0.347. The van der Waals surface area contributed by atoms with Crippen molar-refractivity contribution in [2.45, 2.75) is 25.3 Å². The molecule has 1 atom stereocenters. The molecule has 1 fully saturated rings. The monoisotopic (exact) mass is 416 g/mol. The number of guanidine groups is 1. The van der Waals surface area contributed by atoms with E-state index >= 15 is 0 Å². The van der Waals surface area contributed by atoms with Crippen molar-refractivity contribution < 1.29 is 13.4 Å². The molecule has 1 unspecified atom stereocenters. The molecule has 2 N–H and O–H groups in total. The Kier molecular flexibility index (Phi) is 5.23. The second kappa shape index (κ2) is 7.68. The van der Waals surface area contributed by atoms with Crippen LogP contribution in [0.5, 0.6) is 0 Å². The van der Waals surface area contributed by atoms with Gasteiger partial charge in [-0.1, -0.05) is 36.4 Å². The summed E-state index contributed by atoms with van der Waals surface area (Å²) in [6.07, 6.45) is 1.70. The summed E-state index contributed by atoms with van der Waals surface area (Å²) >= 11 is 0. The van der Waals surface area contributed by atoms with Crippen LogP contribution in [0.1, 0.15) is 35.7 Å². The van der Waals surface area contributed by atoms with Crippen LogP contribution in [-0.2, 0) is 15.8 Å². The number of aliphatic imine (C=N–C) groups is 1. The largest absolute Gasteiger partial charge is 0.292 e. The number of amides is 1. The fraction of sp³-hybridized carbons (Fsp3) is 0.333. The molecule has 2 aliphatic rings. The second-order valence-electron chi connectivity index (χ2n) is 7.61. The predicted molar refractivity (Wildman–Crippen MR) is 113 cm³/mol. The van der Waals surface area contributed by atoms with Gasteiger partial charge in [-0.05, 0) is 38.0 Å². The number of carbonyl (C=O) groups is 1. The van der Waals surface area contributed by atoms with Gasteiger partial charge in [0.2, 0.25) is 5.96 Å². The maximum atomic E-state index is 14.6. The topological polar surface area (TPSA) is 73.8 Å². The van der Waals surface area contributed by atoms with E-state index in [0.717, 1.165) is 12.8 Å². The summed E-state index contributed by atoms with van der Waals surface area (Å²) in [6.45, 7) is 2.90. The molecule has 1 amide bonds. The highest BCUT2D eigenvalue weighted by Gasteiger charge is 2.44. The van der Waals surface area contributed by atoms with Gasteiger partial charge in [0.05, 0.1) is 5.75 Å². The lowest BCUT2D eigenvalue weighted by Crippen LogP contribution is -2.62. The minimum absolute atomic E-state index is 0.158. The molecule has 2 aromatic carbocycles. The first kappa shape index (κ1) is 19.7. The minimum Gasteiger partial charge on any atom is -0.292 e. The third-order valence-electron chi connectivity index (χ3n) is 5.38. The molecule has 8 heteroatoms. The predicted octanol–water partition coefficient (Wildman–Crippen LogP) is 2.37. The van der Waals surface area contributed by atoms with Gasteiger partial charge in [-0.3, -0.25) is 18.6 Å². The van der Waals surface area contributed by atoms with Crippen molar-refractivity contribution >= 4 is 22.2 Å². The number of nitrogens with zero attached hydrogens (tertiary/aromatic N) is 2. The molecule has 0 bridgehead atoms. The number of hydrogen-bond donors (Lipinski definition) is 3. The Morgan fingerprint density at radius 3 is 2.66 bits per heavy atom. The number of nitrogens with one attached hydrogen (secondary N) is 2. The van der Waals surface area contributed by atoms with E-state index in [0.29, 0.717) is 24.2 Å². The summed E-state index contributed by atoms with van der Waals surface area (Å²) in [6, 6.07) is 15.2. The van der Waals surface area contributed by atoms with E-state index in [1.54, 1.807) is 53.7 Å². The average Bonchev–Trinajstić information content (AvgIpc) is 2.90. The molecule has 6 nitrogen and oxygen atoms in total. The lowest BCUT2D eigenvalue weighted by atomic mass is 9.94. The van der Waals surface area contributed by atoms with Crippen molar-refractivity contribution in [2.75, 3.05) is 18.8 Å². The van der Waals surface area contributed by atoms with Crippen LogP contribution in [-0.4, -0.2) is 39.2 Å².